The summed E-state index contributed by atoms with van der Waals surface area (Å²) in [6, 6.07) is 9.09. The topological polar surface area (TPSA) is 63.0 Å². The second-order valence-electron chi connectivity index (χ2n) is 3.59. The fourth-order valence-corrected chi connectivity index (χ4v) is 2.47. The van der Waals surface area contributed by atoms with Gasteiger partial charge in [-0.25, -0.2) is 9.78 Å². The number of hydrogen-bond donors (Lipinski definition) is 0. The molecule has 0 aliphatic rings. The highest BCUT2D eigenvalue weighted by Gasteiger charge is 2.18. The SMILES string of the molecule is COC(=O)c1nc(C)sc1-c1ccc(C#N)cc1. The Hall–Kier alpha value is -2.19. The Morgan fingerprint density at radius 3 is 2.61 bits per heavy atom. The number of esters is 1. The highest BCUT2D eigenvalue weighted by atomic mass is 32.1. The first-order chi connectivity index (χ1) is 8.65. The number of ether oxygens (including phenoxy) is 1. The molecule has 5 heteroatoms. The number of aromatic nitrogens is 1. The molecule has 0 radical (unpaired) electrons. The minimum absolute atomic E-state index is 0.324. The quantitative estimate of drug-likeness (QED) is 0.777. The number of methoxy groups -OCH3 is 1. The number of thiazole rings is 1. The molecule has 18 heavy (non-hydrogen) atoms. The van der Waals surface area contributed by atoms with Crippen LogP contribution in [0.1, 0.15) is 21.1 Å². The van der Waals surface area contributed by atoms with Crippen molar-refractivity contribution in [1.82, 2.24) is 4.98 Å². The molecular formula is C13H10N2O2S. The van der Waals surface area contributed by atoms with Crippen molar-refractivity contribution in [2.75, 3.05) is 7.11 Å². The number of carbonyl (C=O) groups excluding carboxylic acids is 1. The first kappa shape index (κ1) is 12.3. The average Bonchev–Trinajstić information content (AvgIpc) is 2.80. The number of rotatable bonds is 2. The van der Waals surface area contributed by atoms with Gasteiger partial charge in [0.1, 0.15) is 0 Å². The maximum atomic E-state index is 11.6. The van der Waals surface area contributed by atoms with Crippen LogP contribution in [0.25, 0.3) is 10.4 Å². The summed E-state index contributed by atoms with van der Waals surface area (Å²) in [6.07, 6.45) is 0. The molecule has 0 aliphatic heterocycles. The van der Waals surface area contributed by atoms with Crippen molar-refractivity contribution in [3.8, 4) is 16.5 Å². The minimum atomic E-state index is -0.446. The van der Waals surface area contributed by atoms with E-state index in [0.29, 0.717) is 11.3 Å². The smallest absolute Gasteiger partial charge is 0.358 e. The van der Waals surface area contributed by atoms with Crippen LogP contribution in [-0.2, 0) is 4.74 Å². The molecule has 0 saturated carbocycles. The summed E-state index contributed by atoms with van der Waals surface area (Å²) < 4.78 is 4.71. The monoisotopic (exact) mass is 258 g/mol. The van der Waals surface area contributed by atoms with Crippen molar-refractivity contribution in [1.29, 1.82) is 5.26 Å². The Labute approximate surface area is 108 Å². The van der Waals surface area contributed by atoms with Crippen LogP contribution < -0.4 is 0 Å². The normalized spacial score (nSPS) is 9.83. The zero-order valence-corrected chi connectivity index (χ0v) is 10.7. The van der Waals surface area contributed by atoms with Gasteiger partial charge < -0.3 is 4.74 Å². The van der Waals surface area contributed by atoms with Crippen LogP contribution in [-0.4, -0.2) is 18.1 Å². The van der Waals surface area contributed by atoms with Gasteiger partial charge in [-0.15, -0.1) is 11.3 Å². The third-order valence-corrected chi connectivity index (χ3v) is 3.41. The van der Waals surface area contributed by atoms with E-state index in [9.17, 15) is 4.79 Å². The lowest BCUT2D eigenvalue weighted by Crippen LogP contribution is -2.03. The largest absolute Gasteiger partial charge is 0.464 e. The second kappa shape index (κ2) is 4.98. The maximum Gasteiger partial charge on any atom is 0.358 e. The number of nitriles is 1. The van der Waals surface area contributed by atoms with E-state index in [4.69, 9.17) is 10.00 Å². The van der Waals surface area contributed by atoms with Gasteiger partial charge in [-0.2, -0.15) is 5.26 Å². The van der Waals surface area contributed by atoms with Crippen molar-refractivity contribution in [3.05, 3.63) is 40.5 Å². The lowest BCUT2D eigenvalue weighted by molar-refractivity contribution is 0.0595. The molecule has 0 bridgehead atoms. The van der Waals surface area contributed by atoms with Gasteiger partial charge in [-0.05, 0) is 24.6 Å². The minimum Gasteiger partial charge on any atom is -0.464 e. The van der Waals surface area contributed by atoms with Crippen molar-refractivity contribution >= 4 is 17.3 Å². The van der Waals surface area contributed by atoms with E-state index in [1.165, 1.54) is 18.4 Å². The van der Waals surface area contributed by atoms with Gasteiger partial charge >= 0.3 is 5.97 Å². The summed E-state index contributed by atoms with van der Waals surface area (Å²) in [5, 5.41) is 9.55. The molecule has 0 atom stereocenters. The molecule has 0 fully saturated rings. The predicted octanol–water partition coefficient (Wildman–Crippen LogP) is 2.78. The fraction of sp³-hybridized carbons (Fsp3) is 0.154. The zero-order valence-electron chi connectivity index (χ0n) is 9.93. The Balaban J connectivity index is 2.49. The molecule has 0 aliphatic carbocycles. The van der Waals surface area contributed by atoms with Crippen LogP contribution >= 0.6 is 11.3 Å². The van der Waals surface area contributed by atoms with Crippen molar-refractivity contribution < 1.29 is 9.53 Å². The number of benzene rings is 1. The van der Waals surface area contributed by atoms with E-state index in [2.05, 4.69) is 11.1 Å². The Morgan fingerprint density at radius 2 is 2.06 bits per heavy atom. The molecule has 0 spiro atoms. The van der Waals surface area contributed by atoms with Crippen LogP contribution in [0.4, 0.5) is 0 Å². The summed E-state index contributed by atoms with van der Waals surface area (Å²) in [6.45, 7) is 1.84. The van der Waals surface area contributed by atoms with Gasteiger partial charge in [0.25, 0.3) is 0 Å². The van der Waals surface area contributed by atoms with E-state index in [1.807, 2.05) is 6.92 Å². The van der Waals surface area contributed by atoms with Gasteiger partial charge in [0.05, 0.1) is 28.6 Å². The molecular weight excluding hydrogens is 248 g/mol. The van der Waals surface area contributed by atoms with Gasteiger partial charge in [0.15, 0.2) is 5.69 Å². The first-order valence-corrected chi connectivity index (χ1v) is 6.03. The van der Waals surface area contributed by atoms with Crippen LogP contribution in [0, 0.1) is 18.3 Å². The second-order valence-corrected chi connectivity index (χ2v) is 4.79. The summed E-state index contributed by atoms with van der Waals surface area (Å²) in [7, 11) is 1.33. The zero-order chi connectivity index (χ0) is 13.1. The van der Waals surface area contributed by atoms with E-state index in [0.717, 1.165) is 15.4 Å². The molecule has 0 saturated heterocycles. The molecule has 4 nitrogen and oxygen atoms in total. The molecule has 2 rings (SSSR count). The first-order valence-electron chi connectivity index (χ1n) is 5.22. The number of nitrogens with zero attached hydrogens (tertiary/aromatic N) is 2. The van der Waals surface area contributed by atoms with E-state index >= 15 is 0 Å². The molecule has 1 heterocycles. The average molecular weight is 258 g/mol. The summed E-state index contributed by atoms with van der Waals surface area (Å²) >= 11 is 1.43. The van der Waals surface area contributed by atoms with Gasteiger partial charge in [0.2, 0.25) is 0 Å². The van der Waals surface area contributed by atoms with Crippen LogP contribution in [0.3, 0.4) is 0 Å². The highest BCUT2D eigenvalue weighted by molar-refractivity contribution is 7.15. The molecule has 1 aromatic carbocycles. The van der Waals surface area contributed by atoms with Crippen molar-refractivity contribution in [2.45, 2.75) is 6.92 Å². The standard InChI is InChI=1S/C13H10N2O2S/c1-8-15-11(13(16)17-2)12(18-8)10-5-3-9(7-14)4-6-10/h3-6H,1-2H3. The van der Waals surface area contributed by atoms with Crippen LogP contribution in [0.2, 0.25) is 0 Å². The fourth-order valence-electron chi connectivity index (χ4n) is 1.55. The molecule has 90 valence electrons. The Morgan fingerprint density at radius 1 is 1.39 bits per heavy atom. The number of aryl methyl sites for hydroxylation is 1. The van der Waals surface area contributed by atoms with Gasteiger partial charge in [0, 0.05) is 0 Å². The van der Waals surface area contributed by atoms with Crippen LogP contribution in [0.5, 0.6) is 0 Å². The van der Waals surface area contributed by atoms with Crippen molar-refractivity contribution in [2.24, 2.45) is 0 Å². The molecule has 1 aromatic heterocycles. The number of hydrogen-bond acceptors (Lipinski definition) is 5. The molecule has 0 amide bonds. The molecule has 0 N–H and O–H groups in total. The Kier molecular flexibility index (Phi) is 3.40. The van der Waals surface area contributed by atoms with Gasteiger partial charge in [-0.3, -0.25) is 0 Å². The van der Waals surface area contributed by atoms with E-state index in [-0.39, 0.29) is 0 Å². The van der Waals surface area contributed by atoms with Gasteiger partial charge in [-0.1, -0.05) is 12.1 Å². The van der Waals surface area contributed by atoms with E-state index in [1.54, 1.807) is 24.3 Å². The lowest BCUT2D eigenvalue weighted by Gasteiger charge is -2.00. The summed E-state index contributed by atoms with van der Waals surface area (Å²) in [5.74, 6) is -0.446. The van der Waals surface area contributed by atoms with Crippen LogP contribution in [0.15, 0.2) is 24.3 Å². The summed E-state index contributed by atoms with van der Waals surface area (Å²) in [4.78, 5) is 16.6. The predicted molar refractivity (Wildman–Crippen MR) is 68.3 cm³/mol. The van der Waals surface area contributed by atoms with Crippen molar-refractivity contribution in [3.63, 3.8) is 0 Å². The van der Waals surface area contributed by atoms with E-state index < -0.39 is 5.97 Å². The molecule has 2 aromatic rings. The highest BCUT2D eigenvalue weighted by Crippen LogP contribution is 2.30. The molecule has 0 unspecified atom stereocenters. The third kappa shape index (κ3) is 2.24. The maximum absolute atomic E-state index is 11.6. The lowest BCUT2D eigenvalue weighted by atomic mass is 10.1. The summed E-state index contributed by atoms with van der Waals surface area (Å²) in [5.41, 5.74) is 1.77. The third-order valence-electron chi connectivity index (χ3n) is 2.39. The number of carbonyl (C=O) groups is 1. The Bertz CT molecular complexity index is 623.